The zero-order valence-corrected chi connectivity index (χ0v) is 9.54. The van der Waals surface area contributed by atoms with Gasteiger partial charge in [-0.15, -0.1) is 0 Å². The molecule has 0 aliphatic heterocycles. The van der Waals surface area contributed by atoms with E-state index in [9.17, 15) is 4.79 Å². The fourth-order valence-electron chi connectivity index (χ4n) is 1.42. The van der Waals surface area contributed by atoms with Crippen LogP contribution < -0.4 is 0 Å². The van der Waals surface area contributed by atoms with Gasteiger partial charge in [-0.1, -0.05) is 45.1 Å². The van der Waals surface area contributed by atoms with Gasteiger partial charge in [-0.3, -0.25) is 0 Å². The molecule has 0 radical (unpaired) electrons. The molecule has 0 amide bonds. The fourth-order valence-corrected chi connectivity index (χ4v) is 1.42. The van der Waals surface area contributed by atoms with Crippen LogP contribution in [-0.2, 0) is 4.79 Å². The third-order valence-electron chi connectivity index (χ3n) is 2.39. The molecule has 0 heterocycles. The van der Waals surface area contributed by atoms with Gasteiger partial charge in [0.2, 0.25) is 0 Å². The van der Waals surface area contributed by atoms with E-state index in [0.717, 1.165) is 19.3 Å². The van der Waals surface area contributed by atoms with Gasteiger partial charge in [0, 0.05) is 0 Å². The second-order valence-electron chi connectivity index (χ2n) is 3.75. The van der Waals surface area contributed by atoms with Crippen molar-refractivity contribution >= 4 is 5.97 Å². The SMILES string of the molecule is CCCCCCCCC=C(CO)C(=O)O. The summed E-state index contributed by atoms with van der Waals surface area (Å²) in [6.45, 7) is 1.81. The molecule has 0 aromatic carbocycles. The number of rotatable bonds is 9. The van der Waals surface area contributed by atoms with Crippen molar-refractivity contribution < 1.29 is 15.0 Å². The smallest absolute Gasteiger partial charge is 0.333 e. The van der Waals surface area contributed by atoms with E-state index in [-0.39, 0.29) is 12.2 Å². The molecular weight excluding hydrogens is 192 g/mol. The highest BCUT2D eigenvalue weighted by molar-refractivity contribution is 5.86. The lowest BCUT2D eigenvalue weighted by molar-refractivity contribution is -0.133. The van der Waals surface area contributed by atoms with Crippen molar-refractivity contribution in [2.24, 2.45) is 0 Å². The number of hydrogen-bond acceptors (Lipinski definition) is 2. The molecule has 0 aromatic heterocycles. The van der Waals surface area contributed by atoms with Crippen molar-refractivity contribution in [2.75, 3.05) is 6.61 Å². The molecule has 88 valence electrons. The maximum atomic E-state index is 10.5. The lowest BCUT2D eigenvalue weighted by atomic mass is 10.1. The van der Waals surface area contributed by atoms with E-state index >= 15 is 0 Å². The van der Waals surface area contributed by atoms with Crippen LogP contribution in [0.3, 0.4) is 0 Å². The largest absolute Gasteiger partial charge is 0.478 e. The quantitative estimate of drug-likeness (QED) is 0.458. The van der Waals surface area contributed by atoms with Crippen LogP contribution in [0, 0.1) is 0 Å². The molecule has 0 aromatic rings. The van der Waals surface area contributed by atoms with Gasteiger partial charge in [0.1, 0.15) is 0 Å². The second kappa shape index (κ2) is 9.71. The van der Waals surface area contributed by atoms with Gasteiger partial charge in [-0.2, -0.15) is 0 Å². The summed E-state index contributed by atoms with van der Waals surface area (Å²) < 4.78 is 0. The van der Waals surface area contributed by atoms with E-state index in [1.54, 1.807) is 6.08 Å². The van der Waals surface area contributed by atoms with Gasteiger partial charge in [0.25, 0.3) is 0 Å². The van der Waals surface area contributed by atoms with Crippen molar-refractivity contribution in [3.05, 3.63) is 11.6 Å². The zero-order valence-electron chi connectivity index (χ0n) is 9.54. The van der Waals surface area contributed by atoms with Crippen LogP contribution >= 0.6 is 0 Å². The molecule has 0 bridgehead atoms. The van der Waals surface area contributed by atoms with E-state index in [1.165, 1.54) is 25.7 Å². The summed E-state index contributed by atoms with van der Waals surface area (Å²) in [5.41, 5.74) is 0.114. The number of aliphatic carboxylic acids is 1. The van der Waals surface area contributed by atoms with E-state index in [4.69, 9.17) is 10.2 Å². The molecule has 0 saturated heterocycles. The third-order valence-corrected chi connectivity index (χ3v) is 2.39. The van der Waals surface area contributed by atoms with Gasteiger partial charge in [0.15, 0.2) is 0 Å². The number of carbonyl (C=O) groups is 1. The van der Waals surface area contributed by atoms with E-state index in [1.807, 2.05) is 0 Å². The summed E-state index contributed by atoms with van der Waals surface area (Å²) in [6, 6.07) is 0. The first-order valence-corrected chi connectivity index (χ1v) is 5.75. The Morgan fingerprint density at radius 2 is 1.73 bits per heavy atom. The summed E-state index contributed by atoms with van der Waals surface area (Å²) in [5.74, 6) is -1.01. The van der Waals surface area contributed by atoms with Crippen molar-refractivity contribution in [2.45, 2.75) is 51.9 Å². The van der Waals surface area contributed by atoms with Crippen LogP contribution in [0.25, 0.3) is 0 Å². The molecule has 0 fully saturated rings. The highest BCUT2D eigenvalue weighted by Crippen LogP contribution is 2.08. The second-order valence-corrected chi connectivity index (χ2v) is 3.75. The highest BCUT2D eigenvalue weighted by atomic mass is 16.4. The minimum absolute atomic E-state index is 0.114. The number of allylic oxidation sites excluding steroid dienone is 1. The van der Waals surface area contributed by atoms with Crippen LogP contribution in [0.5, 0.6) is 0 Å². The summed E-state index contributed by atoms with van der Waals surface area (Å²) >= 11 is 0. The molecule has 0 atom stereocenters. The van der Waals surface area contributed by atoms with Crippen LogP contribution in [0.2, 0.25) is 0 Å². The Bertz CT molecular complexity index is 197. The molecule has 0 unspecified atom stereocenters. The summed E-state index contributed by atoms with van der Waals surface area (Å²) in [4.78, 5) is 10.5. The third kappa shape index (κ3) is 8.18. The highest BCUT2D eigenvalue weighted by Gasteiger charge is 2.03. The van der Waals surface area contributed by atoms with Gasteiger partial charge in [-0.05, 0) is 12.8 Å². The molecule has 2 N–H and O–H groups in total. The Labute approximate surface area is 91.8 Å². The normalized spacial score (nSPS) is 11.7. The first-order chi connectivity index (χ1) is 7.22. The Morgan fingerprint density at radius 1 is 1.13 bits per heavy atom. The van der Waals surface area contributed by atoms with Crippen LogP contribution in [0.1, 0.15) is 51.9 Å². The van der Waals surface area contributed by atoms with Crippen molar-refractivity contribution in [3.63, 3.8) is 0 Å². The maximum absolute atomic E-state index is 10.5. The summed E-state index contributed by atoms with van der Waals surface area (Å²) in [6.07, 6.45) is 9.57. The number of carboxylic acid groups (broad SMARTS) is 1. The minimum Gasteiger partial charge on any atom is -0.478 e. The fraction of sp³-hybridized carbons (Fsp3) is 0.750. The maximum Gasteiger partial charge on any atom is 0.333 e. The van der Waals surface area contributed by atoms with E-state index < -0.39 is 5.97 Å². The molecule has 0 aliphatic carbocycles. The molecule has 0 spiro atoms. The van der Waals surface area contributed by atoms with Gasteiger partial charge < -0.3 is 10.2 Å². The van der Waals surface area contributed by atoms with Gasteiger partial charge in [-0.25, -0.2) is 4.79 Å². The number of aliphatic hydroxyl groups excluding tert-OH is 1. The average molecular weight is 214 g/mol. The molecule has 15 heavy (non-hydrogen) atoms. The zero-order chi connectivity index (χ0) is 11.5. The Morgan fingerprint density at radius 3 is 2.27 bits per heavy atom. The lowest BCUT2D eigenvalue weighted by Gasteiger charge is -1.99. The first kappa shape index (κ1) is 14.2. The number of hydrogen-bond donors (Lipinski definition) is 2. The minimum atomic E-state index is -1.01. The summed E-state index contributed by atoms with van der Waals surface area (Å²) in [5, 5.41) is 17.3. The molecule has 0 saturated carbocycles. The lowest BCUT2D eigenvalue weighted by Crippen LogP contribution is -2.04. The number of carboxylic acids is 1. The Kier molecular flexibility index (Phi) is 9.18. The van der Waals surface area contributed by atoms with E-state index in [2.05, 4.69) is 6.92 Å². The van der Waals surface area contributed by atoms with Crippen molar-refractivity contribution in [1.29, 1.82) is 0 Å². The van der Waals surface area contributed by atoms with Gasteiger partial charge in [0.05, 0.1) is 12.2 Å². The topological polar surface area (TPSA) is 57.5 Å². The number of aliphatic hydroxyl groups is 1. The first-order valence-electron chi connectivity index (χ1n) is 5.75. The van der Waals surface area contributed by atoms with Crippen LogP contribution in [0.15, 0.2) is 11.6 Å². The molecule has 0 aliphatic rings. The van der Waals surface area contributed by atoms with Crippen LogP contribution in [-0.4, -0.2) is 22.8 Å². The Balaban J connectivity index is 3.46. The van der Waals surface area contributed by atoms with Gasteiger partial charge >= 0.3 is 5.97 Å². The Hall–Kier alpha value is -0.830. The predicted molar refractivity (Wildman–Crippen MR) is 60.8 cm³/mol. The predicted octanol–water partition coefficient (Wildman–Crippen LogP) is 2.74. The molecule has 0 rings (SSSR count). The molecule has 3 heteroatoms. The van der Waals surface area contributed by atoms with Crippen molar-refractivity contribution in [1.82, 2.24) is 0 Å². The standard InChI is InChI=1S/C12H22O3/c1-2-3-4-5-6-7-8-9-11(10-13)12(14)15/h9,13H,2-8,10H2,1H3,(H,14,15). The molecular formula is C12H22O3. The van der Waals surface area contributed by atoms with Crippen LogP contribution in [0.4, 0.5) is 0 Å². The van der Waals surface area contributed by atoms with E-state index in [0.29, 0.717) is 0 Å². The molecule has 3 nitrogen and oxygen atoms in total. The van der Waals surface area contributed by atoms with Crippen molar-refractivity contribution in [3.8, 4) is 0 Å². The summed E-state index contributed by atoms with van der Waals surface area (Å²) in [7, 11) is 0. The monoisotopic (exact) mass is 214 g/mol. The average Bonchev–Trinajstić information content (AvgIpc) is 2.21. The number of unbranched alkanes of at least 4 members (excludes halogenated alkanes) is 6.